The molecule has 0 spiro atoms. The largest absolute Gasteiger partial charge is 0.411 e. The number of anilines is 4. The van der Waals surface area contributed by atoms with Gasteiger partial charge < -0.3 is 25.7 Å². The molecule has 0 radical (unpaired) electrons. The zero-order valence-electron chi connectivity index (χ0n) is 15.5. The third-order valence-corrected chi connectivity index (χ3v) is 4.35. The molecular weight excluding hydrogens is 346 g/mol. The Kier molecular flexibility index (Phi) is 5.07. The van der Waals surface area contributed by atoms with Gasteiger partial charge >= 0.3 is 0 Å². The van der Waals surface area contributed by atoms with E-state index in [1.54, 1.807) is 0 Å². The molecular formula is C17H25N9O. The highest BCUT2D eigenvalue weighted by molar-refractivity contribution is 5.59. The topological polar surface area (TPSA) is 115 Å². The second kappa shape index (κ2) is 7.80. The molecule has 1 fully saturated rings. The van der Waals surface area contributed by atoms with Crippen LogP contribution in [0, 0.1) is 6.92 Å². The fourth-order valence-electron chi connectivity index (χ4n) is 3.02. The van der Waals surface area contributed by atoms with Gasteiger partial charge in [0.25, 0.3) is 0 Å². The van der Waals surface area contributed by atoms with Crippen LogP contribution in [0.2, 0.25) is 0 Å². The molecule has 5 N–H and O–H groups in total. The molecule has 0 aliphatic carbocycles. The maximum absolute atomic E-state index is 5.41. The number of aromatic amines is 1. The van der Waals surface area contributed by atoms with E-state index in [4.69, 9.17) is 4.84 Å². The van der Waals surface area contributed by atoms with Crippen LogP contribution in [0.1, 0.15) is 12.6 Å². The van der Waals surface area contributed by atoms with Gasteiger partial charge in [-0.05, 0) is 19.9 Å². The van der Waals surface area contributed by atoms with Crippen LogP contribution in [0.3, 0.4) is 0 Å². The molecule has 1 atom stereocenters. The maximum atomic E-state index is 5.41. The second-order valence-corrected chi connectivity index (χ2v) is 6.73. The van der Waals surface area contributed by atoms with Crippen LogP contribution < -0.4 is 26.3 Å². The first-order valence-electron chi connectivity index (χ1n) is 9.16. The molecule has 0 bridgehead atoms. The Balaban J connectivity index is 1.54. The number of H-pyrrole nitrogens is 1. The van der Waals surface area contributed by atoms with Crippen molar-refractivity contribution in [1.82, 2.24) is 31.0 Å². The minimum absolute atomic E-state index is 0.204. The van der Waals surface area contributed by atoms with Gasteiger partial charge in [0, 0.05) is 44.0 Å². The third-order valence-electron chi connectivity index (χ3n) is 4.35. The Morgan fingerprint density at radius 1 is 1.22 bits per heavy atom. The average molecular weight is 371 g/mol. The minimum atomic E-state index is 0.204. The van der Waals surface area contributed by atoms with Crippen molar-refractivity contribution in [1.29, 1.82) is 0 Å². The number of hydrogen-bond acceptors (Lipinski definition) is 9. The number of aryl methyl sites for hydroxylation is 1. The number of aromatic nitrogens is 4. The van der Waals surface area contributed by atoms with Gasteiger partial charge in [0.2, 0.25) is 5.95 Å². The average Bonchev–Trinajstić information content (AvgIpc) is 3.28. The predicted octanol–water partition coefficient (Wildman–Crippen LogP) is 0.880. The van der Waals surface area contributed by atoms with Crippen molar-refractivity contribution in [3.8, 4) is 0 Å². The molecule has 27 heavy (non-hydrogen) atoms. The van der Waals surface area contributed by atoms with E-state index in [1.165, 1.54) is 0 Å². The first kappa shape index (κ1) is 17.6. The normalized spacial score (nSPS) is 19.6. The lowest BCUT2D eigenvalue weighted by Crippen LogP contribution is -2.44. The molecule has 10 heteroatoms. The van der Waals surface area contributed by atoms with Gasteiger partial charge in [0.15, 0.2) is 5.82 Å². The molecule has 4 heterocycles. The summed E-state index contributed by atoms with van der Waals surface area (Å²) in [7, 11) is 0. The molecule has 1 saturated heterocycles. The lowest BCUT2D eigenvalue weighted by Gasteiger charge is -2.28. The number of hydroxylamine groups is 1. The van der Waals surface area contributed by atoms with Crippen molar-refractivity contribution in [2.24, 2.45) is 0 Å². The molecule has 4 rings (SSSR count). The van der Waals surface area contributed by atoms with Crippen LogP contribution in [0.15, 0.2) is 24.0 Å². The van der Waals surface area contributed by atoms with Crippen LogP contribution in [-0.4, -0.2) is 58.9 Å². The summed E-state index contributed by atoms with van der Waals surface area (Å²) in [4.78, 5) is 16.9. The second-order valence-electron chi connectivity index (χ2n) is 6.73. The van der Waals surface area contributed by atoms with Crippen LogP contribution >= 0.6 is 0 Å². The van der Waals surface area contributed by atoms with Gasteiger partial charge in [-0.3, -0.25) is 5.10 Å². The van der Waals surface area contributed by atoms with Crippen molar-refractivity contribution < 1.29 is 4.84 Å². The fraction of sp³-hybridized carbons (Fsp3) is 0.471. The SMILES string of the molecule is Cc1cc(Nc2cc(N3CCNCC3)nc(NCC3=CC(C)NO3)n2)n[nH]1. The van der Waals surface area contributed by atoms with E-state index in [1.807, 2.05) is 32.1 Å². The summed E-state index contributed by atoms with van der Waals surface area (Å²) in [5, 5.41) is 17.0. The molecule has 1 unspecified atom stereocenters. The first-order valence-corrected chi connectivity index (χ1v) is 9.16. The molecule has 2 aliphatic heterocycles. The summed E-state index contributed by atoms with van der Waals surface area (Å²) in [6.45, 7) is 8.21. The zero-order valence-corrected chi connectivity index (χ0v) is 15.5. The highest BCUT2D eigenvalue weighted by Crippen LogP contribution is 2.22. The van der Waals surface area contributed by atoms with Crippen LogP contribution in [0.25, 0.3) is 0 Å². The standard InChI is InChI=1S/C17H25N9O/c1-11-8-15(24-23-11)20-14-9-16(26-5-3-18-4-6-26)22-17(21-14)19-10-13-7-12(2)25-27-13/h7-9,12,18,25H,3-6,10H2,1-2H3,(H3,19,20,21,22,23,24). The summed E-state index contributed by atoms with van der Waals surface area (Å²) < 4.78 is 0. The lowest BCUT2D eigenvalue weighted by molar-refractivity contribution is 0.120. The Morgan fingerprint density at radius 3 is 2.78 bits per heavy atom. The summed E-state index contributed by atoms with van der Waals surface area (Å²) >= 11 is 0. The van der Waals surface area contributed by atoms with Crippen molar-refractivity contribution in [2.45, 2.75) is 19.9 Å². The predicted molar refractivity (Wildman–Crippen MR) is 104 cm³/mol. The quantitative estimate of drug-likeness (QED) is 0.505. The number of hydrogen-bond donors (Lipinski definition) is 5. The third kappa shape index (κ3) is 4.47. The summed E-state index contributed by atoms with van der Waals surface area (Å²) in [5.74, 6) is 3.68. The van der Waals surface area contributed by atoms with Gasteiger partial charge in [-0.15, -0.1) is 0 Å². The van der Waals surface area contributed by atoms with Crippen molar-refractivity contribution in [3.63, 3.8) is 0 Å². The van der Waals surface area contributed by atoms with Gasteiger partial charge in [0.1, 0.15) is 17.4 Å². The summed E-state index contributed by atoms with van der Waals surface area (Å²) in [5.41, 5.74) is 3.89. The molecule has 2 aliphatic rings. The fourth-order valence-corrected chi connectivity index (χ4v) is 3.02. The molecule has 0 saturated carbocycles. The highest BCUT2D eigenvalue weighted by atomic mass is 16.7. The van der Waals surface area contributed by atoms with Crippen LogP contribution in [-0.2, 0) is 4.84 Å². The van der Waals surface area contributed by atoms with E-state index in [-0.39, 0.29) is 6.04 Å². The number of nitrogens with zero attached hydrogens (tertiary/aromatic N) is 4. The Labute approximate surface area is 157 Å². The van der Waals surface area contributed by atoms with Crippen LogP contribution in [0.5, 0.6) is 0 Å². The number of piperazine rings is 1. The zero-order chi connectivity index (χ0) is 18.6. The van der Waals surface area contributed by atoms with Gasteiger partial charge in [-0.1, -0.05) is 0 Å². The van der Waals surface area contributed by atoms with E-state index in [0.717, 1.165) is 49.3 Å². The first-order chi connectivity index (χ1) is 13.2. The molecule has 2 aromatic heterocycles. The van der Waals surface area contributed by atoms with E-state index in [9.17, 15) is 0 Å². The molecule has 2 aromatic rings. The smallest absolute Gasteiger partial charge is 0.227 e. The van der Waals surface area contributed by atoms with E-state index < -0.39 is 0 Å². The van der Waals surface area contributed by atoms with Gasteiger partial charge in [-0.2, -0.15) is 20.5 Å². The van der Waals surface area contributed by atoms with Crippen molar-refractivity contribution in [2.75, 3.05) is 48.3 Å². The Bertz CT molecular complexity index is 812. The van der Waals surface area contributed by atoms with Gasteiger partial charge in [-0.25, -0.2) is 0 Å². The Hall–Kier alpha value is -2.85. The van der Waals surface area contributed by atoms with Gasteiger partial charge in [0.05, 0.1) is 12.6 Å². The summed E-state index contributed by atoms with van der Waals surface area (Å²) in [6, 6.07) is 4.09. The molecule has 10 nitrogen and oxygen atoms in total. The molecule has 0 amide bonds. The van der Waals surface area contributed by atoms with E-state index in [0.29, 0.717) is 18.3 Å². The van der Waals surface area contributed by atoms with Crippen molar-refractivity contribution >= 4 is 23.4 Å². The van der Waals surface area contributed by atoms with Crippen molar-refractivity contribution in [3.05, 3.63) is 29.7 Å². The highest BCUT2D eigenvalue weighted by Gasteiger charge is 2.16. The maximum Gasteiger partial charge on any atom is 0.227 e. The minimum Gasteiger partial charge on any atom is -0.411 e. The summed E-state index contributed by atoms with van der Waals surface area (Å²) in [6.07, 6.45) is 2.03. The van der Waals surface area contributed by atoms with Crippen LogP contribution in [0.4, 0.5) is 23.4 Å². The number of nitrogens with one attached hydrogen (secondary N) is 5. The monoisotopic (exact) mass is 371 g/mol. The van der Waals surface area contributed by atoms with E-state index in [2.05, 4.69) is 46.5 Å². The van der Waals surface area contributed by atoms with E-state index >= 15 is 0 Å². The molecule has 0 aromatic carbocycles. The Morgan fingerprint density at radius 2 is 2.07 bits per heavy atom. The lowest BCUT2D eigenvalue weighted by atomic mass is 10.3. The molecule has 144 valence electrons. The number of rotatable bonds is 6.